The second kappa shape index (κ2) is 3.04. The van der Waals surface area contributed by atoms with Crippen LogP contribution >= 0.6 is 23.2 Å². The van der Waals surface area contributed by atoms with Crippen LogP contribution in [0.1, 0.15) is 5.69 Å². The molecule has 56 valence electrons. The molecule has 11 heavy (non-hydrogen) atoms. The smallest absolute Gasteiger partial charge is 0.235 e. The van der Waals surface area contributed by atoms with Crippen LogP contribution in [0.5, 0.6) is 0 Å². The van der Waals surface area contributed by atoms with Crippen molar-refractivity contribution in [2.24, 2.45) is 0 Å². The average molecular weight is 188 g/mol. The van der Waals surface area contributed by atoms with Gasteiger partial charge in [-0.2, -0.15) is 0 Å². The highest BCUT2D eigenvalue weighted by Crippen LogP contribution is 2.26. The van der Waals surface area contributed by atoms with E-state index in [0.29, 0.717) is 5.69 Å². The van der Waals surface area contributed by atoms with Crippen molar-refractivity contribution in [2.75, 3.05) is 0 Å². The lowest BCUT2D eigenvalue weighted by molar-refractivity contribution is 1.11. The molecule has 1 aromatic heterocycles. The molecule has 0 N–H and O–H groups in total. The van der Waals surface area contributed by atoms with Crippen LogP contribution in [-0.4, -0.2) is 9.97 Å². The molecule has 0 amide bonds. The number of aryl methyl sites for hydroxylation is 1. The van der Waals surface area contributed by atoms with Gasteiger partial charge in [0.25, 0.3) is 0 Å². The fourth-order valence-electron chi connectivity index (χ4n) is 0.627. The summed E-state index contributed by atoms with van der Waals surface area (Å²) in [7, 11) is 0. The van der Waals surface area contributed by atoms with E-state index in [1.807, 2.05) is 0 Å². The molecule has 0 unspecified atom stereocenters. The Kier molecular flexibility index (Phi) is 2.28. The molecule has 5 heteroatoms. The molecule has 0 fully saturated rings. The Balaban J connectivity index is 3.40. The van der Waals surface area contributed by atoms with Crippen molar-refractivity contribution in [2.45, 2.75) is 6.92 Å². The summed E-state index contributed by atoms with van der Waals surface area (Å²) in [5.41, 5.74) is 0.765. The highest BCUT2D eigenvalue weighted by molar-refractivity contribution is 6.33. The van der Waals surface area contributed by atoms with Gasteiger partial charge in [-0.3, -0.25) is 0 Å². The number of rotatable bonds is 0. The van der Waals surface area contributed by atoms with Gasteiger partial charge in [-0.1, -0.05) is 11.6 Å². The molecule has 0 bridgehead atoms. The molecule has 0 aliphatic heterocycles. The molecule has 0 spiro atoms. The van der Waals surface area contributed by atoms with Gasteiger partial charge in [0.2, 0.25) is 11.0 Å². The van der Waals surface area contributed by atoms with Crippen LogP contribution in [-0.2, 0) is 0 Å². The number of aromatic nitrogens is 2. The molecule has 1 aromatic rings. The van der Waals surface area contributed by atoms with Crippen LogP contribution < -0.4 is 0 Å². The van der Waals surface area contributed by atoms with E-state index in [-0.39, 0.29) is 16.1 Å². The summed E-state index contributed by atoms with van der Waals surface area (Å²) in [6.07, 6.45) is 0. The Labute approximate surface area is 73.8 Å². The fourth-order valence-corrected chi connectivity index (χ4v) is 1.14. The summed E-state index contributed by atoms with van der Waals surface area (Å²) in [5.74, 6) is 0. The van der Waals surface area contributed by atoms with Gasteiger partial charge in [-0.15, -0.1) is 0 Å². The minimum Gasteiger partial charge on any atom is -0.235 e. The van der Waals surface area contributed by atoms with Crippen LogP contribution in [0, 0.1) is 13.5 Å². The van der Waals surface area contributed by atoms with Crippen LogP contribution in [0.4, 0.5) is 5.69 Å². The molecule has 1 rings (SSSR count). The maximum atomic E-state index is 6.71. The van der Waals surface area contributed by atoms with Crippen LogP contribution in [0.3, 0.4) is 0 Å². The van der Waals surface area contributed by atoms with E-state index in [2.05, 4.69) is 14.8 Å². The molecule has 0 radical (unpaired) electrons. The van der Waals surface area contributed by atoms with Crippen molar-refractivity contribution in [1.82, 2.24) is 9.97 Å². The zero-order valence-corrected chi connectivity index (χ0v) is 7.11. The first-order valence-corrected chi connectivity index (χ1v) is 3.48. The molecular weight excluding hydrogens is 185 g/mol. The summed E-state index contributed by atoms with van der Waals surface area (Å²) in [5, 5.41) is 0.178. The van der Waals surface area contributed by atoms with Gasteiger partial charge in [0, 0.05) is 0 Å². The SMILES string of the molecule is [C-]#[N+]c1c(C)nc(Cl)nc1Cl. The van der Waals surface area contributed by atoms with Crippen molar-refractivity contribution >= 4 is 28.9 Å². The average Bonchev–Trinajstić information content (AvgIpc) is 1.85. The summed E-state index contributed by atoms with van der Waals surface area (Å²) in [4.78, 5) is 10.5. The zero-order chi connectivity index (χ0) is 8.43. The third-order valence-electron chi connectivity index (χ3n) is 1.10. The number of hydrogen-bond acceptors (Lipinski definition) is 2. The predicted octanol–water partition coefficient (Wildman–Crippen LogP) is 2.64. The molecule has 1 heterocycles. The molecule has 0 aliphatic carbocycles. The Morgan fingerprint density at radius 1 is 1.36 bits per heavy atom. The zero-order valence-electron chi connectivity index (χ0n) is 5.60. The van der Waals surface area contributed by atoms with Gasteiger partial charge >= 0.3 is 0 Å². The second-order valence-electron chi connectivity index (χ2n) is 1.83. The van der Waals surface area contributed by atoms with E-state index in [1.54, 1.807) is 6.92 Å². The van der Waals surface area contributed by atoms with Crippen molar-refractivity contribution in [1.29, 1.82) is 0 Å². The normalized spacial score (nSPS) is 9.27. The predicted molar refractivity (Wildman–Crippen MR) is 43.1 cm³/mol. The van der Waals surface area contributed by atoms with Crippen LogP contribution in [0.2, 0.25) is 10.4 Å². The first-order chi connectivity index (χ1) is 5.15. The Morgan fingerprint density at radius 2 is 2.00 bits per heavy atom. The van der Waals surface area contributed by atoms with Crippen molar-refractivity contribution in [3.05, 3.63) is 27.5 Å². The molecular formula is C6H3Cl2N3. The van der Waals surface area contributed by atoms with E-state index in [1.165, 1.54) is 0 Å². The molecule has 0 saturated heterocycles. The van der Waals surface area contributed by atoms with Crippen molar-refractivity contribution < 1.29 is 0 Å². The van der Waals surface area contributed by atoms with Crippen LogP contribution in [0.25, 0.3) is 4.85 Å². The Morgan fingerprint density at radius 3 is 2.45 bits per heavy atom. The maximum Gasteiger partial charge on any atom is 0.244 e. The third kappa shape index (κ3) is 1.59. The maximum absolute atomic E-state index is 6.71. The van der Waals surface area contributed by atoms with Gasteiger partial charge in [0.05, 0.1) is 12.3 Å². The molecule has 0 saturated carbocycles. The molecule has 0 aromatic carbocycles. The summed E-state index contributed by atoms with van der Waals surface area (Å²) >= 11 is 11.1. The molecule has 0 atom stereocenters. The monoisotopic (exact) mass is 187 g/mol. The lowest BCUT2D eigenvalue weighted by Gasteiger charge is -1.97. The van der Waals surface area contributed by atoms with E-state index < -0.39 is 0 Å². The minimum absolute atomic E-state index is 0.0694. The first-order valence-electron chi connectivity index (χ1n) is 2.72. The van der Waals surface area contributed by atoms with E-state index in [0.717, 1.165) is 0 Å². The van der Waals surface area contributed by atoms with Gasteiger partial charge in [-0.05, 0) is 18.5 Å². The van der Waals surface area contributed by atoms with Crippen molar-refractivity contribution in [3.8, 4) is 0 Å². The van der Waals surface area contributed by atoms with Crippen molar-refractivity contribution in [3.63, 3.8) is 0 Å². The molecule has 0 aliphatic rings. The lowest BCUT2D eigenvalue weighted by atomic mass is 10.4. The first kappa shape index (κ1) is 8.25. The quantitative estimate of drug-likeness (QED) is 0.356. The standard InChI is InChI=1S/C6H3Cl2N3/c1-3-4(9-2)5(7)11-6(8)10-3/h1H3. The molecule has 3 nitrogen and oxygen atoms in total. The second-order valence-corrected chi connectivity index (χ2v) is 2.53. The van der Waals surface area contributed by atoms with Gasteiger partial charge in [-0.25, -0.2) is 14.8 Å². The topological polar surface area (TPSA) is 30.1 Å². The Hall–Kier alpha value is -0.850. The van der Waals surface area contributed by atoms with Crippen LogP contribution in [0.15, 0.2) is 0 Å². The van der Waals surface area contributed by atoms with Gasteiger partial charge in [0.15, 0.2) is 0 Å². The van der Waals surface area contributed by atoms with E-state index in [4.69, 9.17) is 29.8 Å². The Bertz CT molecular complexity index is 306. The van der Waals surface area contributed by atoms with Gasteiger partial charge < -0.3 is 0 Å². The minimum atomic E-state index is 0.0694. The summed E-state index contributed by atoms with van der Waals surface area (Å²) in [6, 6.07) is 0. The number of halogens is 2. The van der Waals surface area contributed by atoms with E-state index >= 15 is 0 Å². The van der Waals surface area contributed by atoms with E-state index in [9.17, 15) is 0 Å². The number of nitrogens with zero attached hydrogens (tertiary/aromatic N) is 3. The highest BCUT2D eigenvalue weighted by Gasteiger charge is 2.07. The highest BCUT2D eigenvalue weighted by atomic mass is 35.5. The largest absolute Gasteiger partial charge is 0.244 e. The van der Waals surface area contributed by atoms with Gasteiger partial charge in [0.1, 0.15) is 5.15 Å². The fraction of sp³-hybridized carbons (Fsp3) is 0.167. The number of hydrogen-bond donors (Lipinski definition) is 0. The summed E-state index contributed by atoms with van der Waals surface area (Å²) in [6.45, 7) is 8.37. The lowest BCUT2D eigenvalue weighted by Crippen LogP contribution is -1.87. The third-order valence-corrected chi connectivity index (χ3v) is 1.53. The summed E-state index contributed by atoms with van der Waals surface area (Å²) < 4.78 is 0.